The molecule has 4 N–H and O–H groups in total. The first-order valence-electron chi connectivity index (χ1n) is 11.2. The van der Waals surface area contributed by atoms with E-state index in [0.717, 1.165) is 48.2 Å². The van der Waals surface area contributed by atoms with Crippen LogP contribution in [0.4, 0.5) is 0 Å². The molecule has 3 rings (SSSR count). The third-order valence-corrected chi connectivity index (χ3v) is 5.26. The van der Waals surface area contributed by atoms with Gasteiger partial charge in [-0.25, -0.2) is 0 Å². The topological polar surface area (TPSA) is 99.0 Å². The second kappa shape index (κ2) is 11.2. The highest BCUT2D eigenvalue weighted by Gasteiger charge is 2.13. The summed E-state index contributed by atoms with van der Waals surface area (Å²) < 4.78 is 5.49. The number of H-pyrrole nitrogens is 2. The second-order valence-corrected chi connectivity index (χ2v) is 7.74. The lowest BCUT2D eigenvalue weighted by atomic mass is 10.1. The number of benzene rings is 1. The van der Waals surface area contributed by atoms with Crippen LogP contribution in [0.15, 0.2) is 42.5 Å². The van der Waals surface area contributed by atoms with Gasteiger partial charge in [0.2, 0.25) is 0 Å². The number of hydrogen-bond donors (Lipinski definition) is 4. The molecule has 3 aromatic rings. The average Bonchev–Trinajstić information content (AvgIpc) is 3.49. The number of amides is 2. The summed E-state index contributed by atoms with van der Waals surface area (Å²) in [6, 6.07) is 13.2. The Morgan fingerprint density at radius 1 is 0.781 bits per heavy atom. The highest BCUT2D eigenvalue weighted by atomic mass is 16.5. The van der Waals surface area contributed by atoms with E-state index >= 15 is 0 Å². The van der Waals surface area contributed by atoms with Crippen LogP contribution in [0.5, 0.6) is 5.75 Å². The second-order valence-electron chi connectivity index (χ2n) is 7.74. The molecule has 7 nitrogen and oxygen atoms in total. The van der Waals surface area contributed by atoms with E-state index in [4.69, 9.17) is 4.74 Å². The summed E-state index contributed by atoms with van der Waals surface area (Å²) in [6.07, 6.45) is 3.97. The van der Waals surface area contributed by atoms with Gasteiger partial charge in [0.15, 0.2) is 0 Å². The molecule has 2 aromatic heterocycles. The average molecular weight is 437 g/mol. The largest absolute Gasteiger partial charge is 0.497 e. The Balaban J connectivity index is 1.81. The van der Waals surface area contributed by atoms with E-state index in [1.54, 1.807) is 19.2 Å². The van der Waals surface area contributed by atoms with Crippen molar-refractivity contribution in [3.05, 3.63) is 53.9 Å². The summed E-state index contributed by atoms with van der Waals surface area (Å²) in [7, 11) is 1.62. The number of ether oxygens (including phenoxy) is 1. The first kappa shape index (κ1) is 23.2. The van der Waals surface area contributed by atoms with Crippen molar-refractivity contribution in [2.45, 2.75) is 39.5 Å². The van der Waals surface area contributed by atoms with Crippen molar-refractivity contribution in [3.63, 3.8) is 0 Å². The van der Waals surface area contributed by atoms with Gasteiger partial charge in [-0.1, -0.05) is 26.7 Å². The van der Waals surface area contributed by atoms with E-state index in [1.807, 2.05) is 30.3 Å². The van der Waals surface area contributed by atoms with Crippen LogP contribution >= 0.6 is 0 Å². The standard InChI is InChI=1S/C25H32N4O3/c1-4-6-12-26-24(30)22-10-8-20(28-22)17-14-18(16-19(15-17)32-3)21-9-11-23(29-21)25(31)27-13-7-5-2/h8-11,14-16,28-29H,4-7,12-13H2,1-3H3,(H,26,30)(H,27,31). The zero-order chi connectivity index (χ0) is 22.9. The van der Waals surface area contributed by atoms with E-state index in [1.165, 1.54) is 0 Å². The molecule has 0 atom stereocenters. The number of carbonyl (C=O) groups excluding carboxylic acids is 2. The third-order valence-electron chi connectivity index (χ3n) is 5.26. The molecule has 0 saturated heterocycles. The molecule has 7 heteroatoms. The van der Waals surface area contributed by atoms with Crippen molar-refractivity contribution in [1.82, 2.24) is 20.6 Å². The Morgan fingerprint density at radius 2 is 1.25 bits per heavy atom. The summed E-state index contributed by atoms with van der Waals surface area (Å²) >= 11 is 0. The molecule has 0 aliphatic rings. The van der Waals surface area contributed by atoms with Crippen molar-refractivity contribution in [1.29, 1.82) is 0 Å². The van der Waals surface area contributed by atoms with Crippen LogP contribution in [-0.2, 0) is 0 Å². The van der Waals surface area contributed by atoms with Crippen molar-refractivity contribution < 1.29 is 14.3 Å². The predicted octanol–water partition coefficient (Wildman–Crippen LogP) is 4.75. The molecule has 170 valence electrons. The molecular weight excluding hydrogens is 404 g/mol. The highest BCUT2D eigenvalue weighted by molar-refractivity contribution is 5.94. The molecule has 0 radical (unpaired) electrons. The number of rotatable bonds is 11. The first-order valence-corrected chi connectivity index (χ1v) is 11.2. The maximum Gasteiger partial charge on any atom is 0.267 e. The lowest BCUT2D eigenvalue weighted by Gasteiger charge is -2.08. The molecule has 0 bridgehead atoms. The minimum Gasteiger partial charge on any atom is -0.497 e. The monoisotopic (exact) mass is 436 g/mol. The maximum absolute atomic E-state index is 12.3. The molecule has 2 heterocycles. The smallest absolute Gasteiger partial charge is 0.267 e. The van der Waals surface area contributed by atoms with Gasteiger partial charge in [-0.2, -0.15) is 0 Å². The lowest BCUT2D eigenvalue weighted by molar-refractivity contribution is 0.0941. The molecule has 0 unspecified atom stereocenters. The SMILES string of the molecule is CCCCNC(=O)c1ccc(-c2cc(OC)cc(-c3ccc(C(=O)NCCCC)[nH]3)c2)[nH]1. The molecule has 32 heavy (non-hydrogen) atoms. The molecule has 0 saturated carbocycles. The van der Waals surface area contributed by atoms with Gasteiger partial charge in [0.05, 0.1) is 7.11 Å². The Bertz CT molecular complexity index is 973. The van der Waals surface area contributed by atoms with Crippen LogP contribution in [-0.4, -0.2) is 42.0 Å². The number of carbonyl (C=O) groups is 2. The van der Waals surface area contributed by atoms with E-state index in [-0.39, 0.29) is 11.8 Å². The molecule has 0 aliphatic carbocycles. The van der Waals surface area contributed by atoms with Gasteiger partial charge in [0.1, 0.15) is 17.1 Å². The quantitative estimate of drug-likeness (QED) is 0.327. The highest BCUT2D eigenvalue weighted by Crippen LogP contribution is 2.31. The lowest BCUT2D eigenvalue weighted by Crippen LogP contribution is -2.24. The van der Waals surface area contributed by atoms with Gasteiger partial charge in [-0.05, 0) is 55.3 Å². The van der Waals surface area contributed by atoms with Gasteiger partial charge in [0.25, 0.3) is 11.8 Å². The van der Waals surface area contributed by atoms with E-state index in [0.29, 0.717) is 30.2 Å². The zero-order valence-corrected chi connectivity index (χ0v) is 19.0. The van der Waals surface area contributed by atoms with Gasteiger partial charge >= 0.3 is 0 Å². The fourth-order valence-corrected chi connectivity index (χ4v) is 3.37. The van der Waals surface area contributed by atoms with Crippen molar-refractivity contribution in [3.8, 4) is 28.3 Å². The maximum atomic E-state index is 12.3. The summed E-state index contributed by atoms with van der Waals surface area (Å²) in [5, 5.41) is 5.84. The van der Waals surface area contributed by atoms with Crippen LogP contribution in [0.2, 0.25) is 0 Å². The van der Waals surface area contributed by atoms with E-state index in [2.05, 4.69) is 34.4 Å². The molecule has 0 aliphatic heterocycles. The Kier molecular flexibility index (Phi) is 8.14. The van der Waals surface area contributed by atoms with Crippen LogP contribution in [0, 0.1) is 0 Å². The van der Waals surface area contributed by atoms with Gasteiger partial charge < -0.3 is 25.3 Å². The number of aromatic nitrogens is 2. The minimum absolute atomic E-state index is 0.115. The Labute approximate surface area is 189 Å². The number of nitrogens with one attached hydrogen (secondary N) is 4. The Morgan fingerprint density at radius 3 is 1.66 bits per heavy atom. The number of aromatic amines is 2. The molecule has 0 fully saturated rings. The van der Waals surface area contributed by atoms with Crippen LogP contribution < -0.4 is 15.4 Å². The van der Waals surface area contributed by atoms with Crippen molar-refractivity contribution in [2.24, 2.45) is 0 Å². The predicted molar refractivity (Wildman–Crippen MR) is 127 cm³/mol. The summed E-state index contributed by atoms with van der Waals surface area (Å²) in [4.78, 5) is 31.0. The van der Waals surface area contributed by atoms with E-state index in [9.17, 15) is 9.59 Å². The normalized spacial score (nSPS) is 10.7. The fourth-order valence-electron chi connectivity index (χ4n) is 3.37. The fraction of sp³-hybridized carbons (Fsp3) is 0.360. The first-order chi connectivity index (χ1) is 15.5. The summed E-state index contributed by atoms with van der Waals surface area (Å²) in [6.45, 7) is 5.50. The van der Waals surface area contributed by atoms with Gasteiger partial charge in [-0.15, -0.1) is 0 Å². The minimum atomic E-state index is -0.115. The number of unbranched alkanes of at least 4 members (excludes halogenated alkanes) is 2. The van der Waals surface area contributed by atoms with Crippen LogP contribution in [0.25, 0.3) is 22.5 Å². The van der Waals surface area contributed by atoms with Gasteiger partial charge in [0, 0.05) is 35.6 Å². The number of methoxy groups -OCH3 is 1. The molecule has 1 aromatic carbocycles. The summed E-state index contributed by atoms with van der Waals surface area (Å²) in [5.74, 6) is 0.455. The van der Waals surface area contributed by atoms with Crippen LogP contribution in [0.3, 0.4) is 0 Å². The summed E-state index contributed by atoms with van der Waals surface area (Å²) in [5.41, 5.74) is 4.44. The molecule has 0 spiro atoms. The van der Waals surface area contributed by atoms with Crippen molar-refractivity contribution >= 4 is 11.8 Å². The molecular formula is C25H32N4O3. The van der Waals surface area contributed by atoms with E-state index < -0.39 is 0 Å². The molecule has 2 amide bonds. The van der Waals surface area contributed by atoms with Gasteiger partial charge in [-0.3, -0.25) is 9.59 Å². The number of hydrogen-bond acceptors (Lipinski definition) is 3. The van der Waals surface area contributed by atoms with Crippen LogP contribution in [0.1, 0.15) is 60.5 Å². The Hall–Kier alpha value is -3.48. The van der Waals surface area contributed by atoms with Crippen molar-refractivity contribution in [2.75, 3.05) is 20.2 Å². The third kappa shape index (κ3) is 5.81. The zero-order valence-electron chi connectivity index (χ0n) is 19.0.